The molecule has 0 atom stereocenters. The zero-order valence-corrected chi connectivity index (χ0v) is 30.3. The molecule has 0 fully saturated rings. The van der Waals surface area contributed by atoms with Gasteiger partial charge in [0.1, 0.15) is 16.7 Å². The van der Waals surface area contributed by atoms with E-state index in [4.69, 9.17) is 23.8 Å². The van der Waals surface area contributed by atoms with Gasteiger partial charge in [-0.15, -0.1) is 0 Å². The van der Waals surface area contributed by atoms with Crippen molar-refractivity contribution in [2.75, 3.05) is 0 Å². The molecule has 0 aliphatic heterocycles. The predicted octanol–water partition coefficient (Wildman–Crippen LogP) is 12.8. The van der Waals surface area contributed by atoms with Crippen LogP contribution in [0.25, 0.3) is 117 Å². The first-order chi connectivity index (χ1) is 28.2. The van der Waals surface area contributed by atoms with Crippen LogP contribution in [0.2, 0.25) is 0 Å². The van der Waals surface area contributed by atoms with E-state index in [1.807, 2.05) is 48.5 Å². The number of rotatable bonds is 5. The number of fused-ring (bicyclic) bond motifs is 9. The monoisotopic (exact) mass is 731 g/mol. The molecule has 0 N–H and O–H groups in total. The maximum Gasteiger partial charge on any atom is 0.166 e. The van der Waals surface area contributed by atoms with Crippen molar-refractivity contribution in [2.24, 2.45) is 0 Å². The minimum atomic E-state index is 0.557. The van der Waals surface area contributed by atoms with Gasteiger partial charge in [0, 0.05) is 55.2 Å². The van der Waals surface area contributed by atoms with Gasteiger partial charge < -0.3 is 13.4 Å². The average Bonchev–Trinajstić information content (AvgIpc) is 3.96. The summed E-state index contributed by atoms with van der Waals surface area (Å²) in [6.07, 6.45) is 3.57. The number of hydrogen-bond acceptors (Lipinski definition) is 6. The smallest absolute Gasteiger partial charge is 0.166 e. The molecule has 0 bridgehead atoms. The SMILES string of the molecule is c1ccc(-n2c3ccccc3c3ccccc32)c(-c2nc(-c3ccc(-c4cccc5oc6cnccc6c45)cc3)nc(-c3ccc4c(c3)oc3ccccc34)n2)c1. The second-order valence-electron chi connectivity index (χ2n) is 14.2. The van der Waals surface area contributed by atoms with Gasteiger partial charge in [-0.3, -0.25) is 4.98 Å². The molecule has 0 amide bonds. The Morgan fingerprint density at radius 1 is 0.386 bits per heavy atom. The van der Waals surface area contributed by atoms with Crippen molar-refractivity contribution >= 4 is 65.7 Å². The lowest BCUT2D eigenvalue weighted by atomic mass is 9.98. The average molecular weight is 732 g/mol. The Morgan fingerprint density at radius 3 is 1.81 bits per heavy atom. The molecule has 0 aliphatic carbocycles. The van der Waals surface area contributed by atoms with E-state index < -0.39 is 0 Å². The van der Waals surface area contributed by atoms with Crippen LogP contribution in [0.3, 0.4) is 0 Å². The fourth-order valence-corrected chi connectivity index (χ4v) is 8.38. The summed E-state index contributed by atoms with van der Waals surface area (Å²) in [5.41, 5.74) is 11.2. The molecule has 12 aromatic rings. The fraction of sp³-hybridized carbons (Fsp3) is 0. The summed E-state index contributed by atoms with van der Waals surface area (Å²) in [5, 5.41) is 6.61. The zero-order valence-electron chi connectivity index (χ0n) is 30.3. The van der Waals surface area contributed by atoms with Gasteiger partial charge in [0.25, 0.3) is 0 Å². The molecule has 57 heavy (non-hydrogen) atoms. The lowest BCUT2D eigenvalue weighted by Gasteiger charge is -2.14. The maximum atomic E-state index is 6.32. The number of para-hydroxylation sites is 4. The first-order valence-corrected chi connectivity index (χ1v) is 18.9. The van der Waals surface area contributed by atoms with Crippen LogP contribution in [0.1, 0.15) is 0 Å². The Bertz CT molecular complexity index is 3490. The Kier molecular flexibility index (Phi) is 6.79. The Balaban J connectivity index is 1.05. The van der Waals surface area contributed by atoms with Crippen LogP contribution < -0.4 is 0 Å². The van der Waals surface area contributed by atoms with Gasteiger partial charge in [-0.1, -0.05) is 109 Å². The van der Waals surface area contributed by atoms with Crippen LogP contribution in [0.4, 0.5) is 0 Å². The molecule has 7 nitrogen and oxygen atoms in total. The third-order valence-electron chi connectivity index (χ3n) is 11.0. The van der Waals surface area contributed by atoms with Crippen molar-refractivity contribution < 1.29 is 8.83 Å². The molecule has 266 valence electrons. The molecule has 0 radical (unpaired) electrons. The Morgan fingerprint density at radius 2 is 0.982 bits per heavy atom. The fourth-order valence-electron chi connectivity index (χ4n) is 8.38. The van der Waals surface area contributed by atoms with Gasteiger partial charge in [0.2, 0.25) is 0 Å². The molecule has 7 heteroatoms. The Labute approximate surface area is 325 Å². The van der Waals surface area contributed by atoms with Crippen molar-refractivity contribution in [1.82, 2.24) is 24.5 Å². The van der Waals surface area contributed by atoms with Crippen molar-refractivity contribution in [2.45, 2.75) is 0 Å². The highest BCUT2D eigenvalue weighted by Crippen LogP contribution is 2.39. The quantitative estimate of drug-likeness (QED) is 0.175. The lowest BCUT2D eigenvalue weighted by molar-refractivity contribution is 0.667. The number of benzene rings is 7. The summed E-state index contributed by atoms with van der Waals surface area (Å²) < 4.78 is 14.8. The van der Waals surface area contributed by atoms with Gasteiger partial charge in [-0.05, 0) is 65.7 Å². The minimum Gasteiger partial charge on any atom is -0.456 e. The standard InChI is InChI=1S/C50H29N5O2/c1-5-15-40-34(10-1)35-11-2-6-16-41(35)55(40)42-17-7-3-13-38(42)50-53-48(52-49(54-50)32-24-25-37-36-12-4-8-18-43(36)56-45(37)28-32)31-22-20-30(21-23-31)33-14-9-19-44-47(33)39-26-27-51-29-46(39)57-44/h1-29H. The van der Waals surface area contributed by atoms with E-state index >= 15 is 0 Å². The van der Waals surface area contributed by atoms with Crippen molar-refractivity contribution in [1.29, 1.82) is 0 Å². The van der Waals surface area contributed by atoms with Crippen LogP contribution in [-0.2, 0) is 0 Å². The molecular weight excluding hydrogens is 703 g/mol. The number of pyridine rings is 1. The third kappa shape index (κ3) is 4.92. The van der Waals surface area contributed by atoms with Gasteiger partial charge in [0.15, 0.2) is 23.1 Å². The molecule has 0 saturated heterocycles. The highest BCUT2D eigenvalue weighted by molar-refractivity contribution is 6.12. The minimum absolute atomic E-state index is 0.557. The normalized spacial score (nSPS) is 11.9. The highest BCUT2D eigenvalue weighted by Gasteiger charge is 2.20. The molecular formula is C50H29N5O2. The maximum absolute atomic E-state index is 6.32. The van der Waals surface area contributed by atoms with E-state index in [0.717, 1.165) is 88.4 Å². The largest absolute Gasteiger partial charge is 0.456 e. The number of hydrogen-bond donors (Lipinski definition) is 0. The van der Waals surface area contributed by atoms with Crippen LogP contribution in [0, 0.1) is 0 Å². The molecule has 0 unspecified atom stereocenters. The van der Waals surface area contributed by atoms with E-state index in [2.05, 4.69) is 125 Å². The van der Waals surface area contributed by atoms with Crippen molar-refractivity contribution in [3.05, 3.63) is 176 Å². The molecule has 7 aromatic carbocycles. The zero-order chi connectivity index (χ0) is 37.5. The highest BCUT2D eigenvalue weighted by atomic mass is 16.3. The summed E-state index contributed by atoms with van der Waals surface area (Å²) in [7, 11) is 0. The van der Waals surface area contributed by atoms with Crippen molar-refractivity contribution in [3.63, 3.8) is 0 Å². The lowest BCUT2D eigenvalue weighted by Crippen LogP contribution is -2.03. The molecule has 12 rings (SSSR count). The summed E-state index contributed by atoms with van der Waals surface area (Å²) in [5.74, 6) is 1.70. The predicted molar refractivity (Wildman–Crippen MR) is 228 cm³/mol. The van der Waals surface area contributed by atoms with E-state index in [0.29, 0.717) is 17.5 Å². The molecule has 5 aromatic heterocycles. The number of nitrogens with zero attached hydrogens (tertiary/aromatic N) is 5. The third-order valence-corrected chi connectivity index (χ3v) is 11.0. The van der Waals surface area contributed by atoms with Gasteiger partial charge in [0.05, 0.1) is 22.9 Å². The van der Waals surface area contributed by atoms with Crippen molar-refractivity contribution in [3.8, 4) is 51.0 Å². The van der Waals surface area contributed by atoms with Crippen LogP contribution in [0.5, 0.6) is 0 Å². The van der Waals surface area contributed by atoms with E-state index in [1.54, 1.807) is 12.4 Å². The molecule has 0 spiro atoms. The summed E-state index contributed by atoms with van der Waals surface area (Å²) in [4.78, 5) is 19.9. The van der Waals surface area contributed by atoms with Gasteiger partial charge in [-0.2, -0.15) is 0 Å². The topological polar surface area (TPSA) is 82.8 Å². The first-order valence-electron chi connectivity index (χ1n) is 18.9. The van der Waals surface area contributed by atoms with Crippen LogP contribution in [0.15, 0.2) is 185 Å². The molecule has 0 aliphatic rings. The summed E-state index contributed by atoms with van der Waals surface area (Å²) >= 11 is 0. The second-order valence-corrected chi connectivity index (χ2v) is 14.2. The first kappa shape index (κ1) is 31.5. The van der Waals surface area contributed by atoms with Crippen LogP contribution >= 0.6 is 0 Å². The molecule has 0 saturated carbocycles. The Hall–Kier alpha value is -7.90. The van der Waals surface area contributed by atoms with Gasteiger partial charge >= 0.3 is 0 Å². The molecule has 5 heterocycles. The summed E-state index contributed by atoms with van der Waals surface area (Å²) in [6, 6.07) is 56.3. The van der Waals surface area contributed by atoms with E-state index in [-0.39, 0.29) is 0 Å². The van der Waals surface area contributed by atoms with E-state index in [9.17, 15) is 0 Å². The number of furan rings is 2. The number of aromatic nitrogens is 5. The van der Waals surface area contributed by atoms with E-state index in [1.165, 1.54) is 10.8 Å². The summed E-state index contributed by atoms with van der Waals surface area (Å²) in [6.45, 7) is 0. The second kappa shape index (κ2) is 12.3. The van der Waals surface area contributed by atoms with Crippen LogP contribution in [-0.4, -0.2) is 24.5 Å². The van der Waals surface area contributed by atoms with Gasteiger partial charge in [-0.25, -0.2) is 15.0 Å².